The van der Waals surface area contributed by atoms with Gasteiger partial charge in [0.1, 0.15) is 0 Å². The van der Waals surface area contributed by atoms with Crippen LogP contribution in [0.4, 0.5) is 0 Å². The summed E-state index contributed by atoms with van der Waals surface area (Å²) in [4.78, 5) is 7.03. The number of pyridine rings is 1. The first-order valence-electron chi connectivity index (χ1n) is 8.71. The molecule has 0 spiro atoms. The molecule has 3 aromatic rings. The van der Waals surface area contributed by atoms with Crippen LogP contribution in [0.2, 0.25) is 0 Å². The van der Waals surface area contributed by atoms with Crippen LogP contribution >= 0.6 is 0 Å². The molecule has 4 heteroatoms. The predicted octanol–water partition coefficient (Wildman–Crippen LogP) is 4.09. The maximum Gasteiger partial charge on any atom is 0.0702 e. The number of hydrogen-bond donors (Lipinski definition) is 0. The van der Waals surface area contributed by atoms with Gasteiger partial charge in [0.25, 0.3) is 0 Å². The number of hydrogen-bond acceptors (Lipinski definition) is 3. The summed E-state index contributed by atoms with van der Waals surface area (Å²) in [7, 11) is 0. The summed E-state index contributed by atoms with van der Waals surface area (Å²) in [5.41, 5.74) is 6.09. The van der Waals surface area contributed by atoms with E-state index in [0.29, 0.717) is 0 Å². The highest BCUT2D eigenvalue weighted by Gasteiger charge is 2.14. The Morgan fingerprint density at radius 3 is 2.58 bits per heavy atom. The minimum Gasteiger partial charge on any atom is -0.295 e. The predicted molar refractivity (Wildman–Crippen MR) is 98.9 cm³/mol. The molecule has 0 atom stereocenters. The van der Waals surface area contributed by atoms with Gasteiger partial charge in [-0.25, -0.2) is 0 Å². The van der Waals surface area contributed by atoms with Crippen molar-refractivity contribution in [2.24, 2.45) is 0 Å². The fourth-order valence-corrected chi connectivity index (χ4v) is 3.24. The Morgan fingerprint density at radius 2 is 1.88 bits per heavy atom. The number of rotatable bonds is 6. The van der Waals surface area contributed by atoms with E-state index in [4.69, 9.17) is 0 Å². The third-order valence-corrected chi connectivity index (χ3v) is 4.71. The number of para-hydroxylation sites is 1. The molecule has 0 aliphatic heterocycles. The highest BCUT2D eigenvalue weighted by atomic mass is 15.3. The smallest absolute Gasteiger partial charge is 0.0702 e. The van der Waals surface area contributed by atoms with Crippen LogP contribution in [0.3, 0.4) is 0 Å². The molecule has 0 aliphatic rings. The van der Waals surface area contributed by atoms with Crippen LogP contribution < -0.4 is 0 Å². The Hall–Kier alpha value is -2.20. The van der Waals surface area contributed by atoms with Crippen molar-refractivity contribution in [2.75, 3.05) is 6.54 Å². The molecule has 2 aromatic heterocycles. The summed E-state index contributed by atoms with van der Waals surface area (Å²) in [5, 5.41) is 5.85. The standard InChI is InChI=1S/C20H26N4/c1-5-23(14-19-15(3)22-24(6-2)16(19)4)13-17-11-18-9-7-8-10-20(18)21-12-17/h7-12H,5-6,13-14H2,1-4H3. The molecular weight excluding hydrogens is 296 g/mol. The van der Waals surface area contributed by atoms with Crippen molar-refractivity contribution in [3.63, 3.8) is 0 Å². The van der Waals surface area contributed by atoms with Gasteiger partial charge in [-0.15, -0.1) is 0 Å². The molecule has 0 fully saturated rings. The summed E-state index contributed by atoms with van der Waals surface area (Å²) in [6.07, 6.45) is 2.00. The molecule has 3 rings (SSSR count). The van der Waals surface area contributed by atoms with E-state index in [2.05, 4.69) is 71.6 Å². The number of nitrogens with zero attached hydrogens (tertiary/aromatic N) is 4. The largest absolute Gasteiger partial charge is 0.295 e. The zero-order chi connectivity index (χ0) is 17.1. The van der Waals surface area contributed by atoms with Gasteiger partial charge in [-0.2, -0.15) is 5.10 Å². The average molecular weight is 322 g/mol. The molecule has 0 saturated heterocycles. The summed E-state index contributed by atoms with van der Waals surface area (Å²) in [6, 6.07) is 10.5. The van der Waals surface area contributed by atoms with Crippen LogP contribution in [0.5, 0.6) is 0 Å². The number of fused-ring (bicyclic) bond motifs is 1. The summed E-state index contributed by atoms with van der Waals surface area (Å²) < 4.78 is 2.09. The van der Waals surface area contributed by atoms with E-state index in [9.17, 15) is 0 Å². The van der Waals surface area contributed by atoms with Crippen LogP contribution in [0.15, 0.2) is 36.5 Å². The van der Waals surface area contributed by atoms with Crippen molar-refractivity contribution >= 4 is 10.9 Å². The topological polar surface area (TPSA) is 34.0 Å². The van der Waals surface area contributed by atoms with Crippen molar-refractivity contribution in [1.82, 2.24) is 19.7 Å². The highest BCUT2D eigenvalue weighted by molar-refractivity contribution is 5.78. The van der Waals surface area contributed by atoms with Gasteiger partial charge in [0.15, 0.2) is 0 Å². The monoisotopic (exact) mass is 322 g/mol. The van der Waals surface area contributed by atoms with E-state index < -0.39 is 0 Å². The molecule has 0 bridgehead atoms. The van der Waals surface area contributed by atoms with Gasteiger partial charge in [0.2, 0.25) is 0 Å². The first-order chi connectivity index (χ1) is 11.6. The maximum atomic E-state index is 4.64. The van der Waals surface area contributed by atoms with E-state index in [0.717, 1.165) is 37.4 Å². The van der Waals surface area contributed by atoms with Gasteiger partial charge in [-0.05, 0) is 45.0 Å². The molecular formula is C20H26N4. The lowest BCUT2D eigenvalue weighted by atomic mass is 10.1. The Morgan fingerprint density at radius 1 is 1.08 bits per heavy atom. The average Bonchev–Trinajstić information content (AvgIpc) is 2.88. The summed E-state index contributed by atoms with van der Waals surface area (Å²) in [5.74, 6) is 0. The van der Waals surface area contributed by atoms with E-state index in [-0.39, 0.29) is 0 Å². The zero-order valence-corrected chi connectivity index (χ0v) is 15.1. The molecule has 0 N–H and O–H groups in total. The Balaban J connectivity index is 1.80. The zero-order valence-electron chi connectivity index (χ0n) is 15.1. The SMILES string of the molecule is CCN(Cc1cnc2ccccc2c1)Cc1c(C)nn(CC)c1C. The Labute approximate surface area is 144 Å². The second kappa shape index (κ2) is 7.14. The van der Waals surface area contributed by atoms with Crippen LogP contribution in [0.25, 0.3) is 10.9 Å². The minimum atomic E-state index is 0.907. The Bertz CT molecular complexity index is 835. The van der Waals surface area contributed by atoms with Crippen molar-refractivity contribution in [3.8, 4) is 0 Å². The molecule has 0 saturated carbocycles. The second-order valence-corrected chi connectivity index (χ2v) is 6.30. The molecule has 0 amide bonds. The van der Waals surface area contributed by atoms with E-state index >= 15 is 0 Å². The van der Waals surface area contributed by atoms with Gasteiger partial charge in [-0.3, -0.25) is 14.6 Å². The van der Waals surface area contributed by atoms with Crippen molar-refractivity contribution < 1.29 is 0 Å². The first kappa shape index (κ1) is 16.7. The molecule has 0 aliphatic carbocycles. The maximum absolute atomic E-state index is 4.64. The molecule has 0 unspecified atom stereocenters. The lowest BCUT2D eigenvalue weighted by Crippen LogP contribution is -2.23. The lowest BCUT2D eigenvalue weighted by Gasteiger charge is -2.21. The molecule has 126 valence electrons. The molecule has 4 nitrogen and oxygen atoms in total. The van der Waals surface area contributed by atoms with E-state index in [1.807, 2.05) is 12.3 Å². The summed E-state index contributed by atoms with van der Waals surface area (Å²) in [6.45, 7) is 12.4. The quantitative estimate of drug-likeness (QED) is 0.685. The molecule has 24 heavy (non-hydrogen) atoms. The molecule has 1 aromatic carbocycles. The van der Waals surface area contributed by atoms with Gasteiger partial charge >= 0.3 is 0 Å². The number of aromatic nitrogens is 3. The second-order valence-electron chi connectivity index (χ2n) is 6.30. The van der Waals surface area contributed by atoms with E-state index in [1.165, 1.54) is 22.2 Å². The van der Waals surface area contributed by atoms with Crippen molar-refractivity contribution in [3.05, 3.63) is 59.0 Å². The van der Waals surface area contributed by atoms with Crippen LogP contribution in [-0.2, 0) is 19.6 Å². The number of aryl methyl sites for hydroxylation is 2. The molecule has 2 heterocycles. The van der Waals surface area contributed by atoms with Crippen molar-refractivity contribution in [1.29, 1.82) is 0 Å². The minimum absolute atomic E-state index is 0.907. The Kier molecular flexibility index (Phi) is 4.95. The number of benzene rings is 1. The van der Waals surface area contributed by atoms with E-state index in [1.54, 1.807) is 0 Å². The normalized spacial score (nSPS) is 11.5. The van der Waals surface area contributed by atoms with Crippen molar-refractivity contribution in [2.45, 2.75) is 47.3 Å². The van der Waals surface area contributed by atoms with Gasteiger partial charge < -0.3 is 0 Å². The summed E-state index contributed by atoms with van der Waals surface area (Å²) >= 11 is 0. The first-order valence-corrected chi connectivity index (χ1v) is 8.71. The fraction of sp³-hybridized carbons (Fsp3) is 0.400. The van der Waals surface area contributed by atoms with Gasteiger partial charge in [0.05, 0.1) is 11.2 Å². The lowest BCUT2D eigenvalue weighted by molar-refractivity contribution is 0.270. The van der Waals surface area contributed by atoms with Crippen LogP contribution in [-0.4, -0.2) is 26.2 Å². The highest BCUT2D eigenvalue weighted by Crippen LogP contribution is 2.18. The van der Waals surface area contributed by atoms with Crippen LogP contribution in [0.1, 0.15) is 36.4 Å². The third-order valence-electron chi connectivity index (χ3n) is 4.71. The molecule has 0 radical (unpaired) electrons. The van der Waals surface area contributed by atoms with Crippen LogP contribution in [0, 0.1) is 13.8 Å². The third kappa shape index (κ3) is 3.34. The van der Waals surface area contributed by atoms with Gasteiger partial charge in [0, 0.05) is 42.5 Å². The fourth-order valence-electron chi connectivity index (χ4n) is 3.24. The van der Waals surface area contributed by atoms with Gasteiger partial charge in [-0.1, -0.05) is 25.1 Å².